The Labute approximate surface area is 128 Å². The van der Waals surface area contributed by atoms with E-state index in [1.165, 1.54) is 6.42 Å². The van der Waals surface area contributed by atoms with Crippen molar-refractivity contribution in [2.45, 2.75) is 51.0 Å². The van der Waals surface area contributed by atoms with E-state index in [9.17, 15) is 9.59 Å². The molecular formula is C14H20N4O4. The van der Waals surface area contributed by atoms with Crippen molar-refractivity contribution < 1.29 is 19.1 Å². The molecule has 0 bridgehead atoms. The molecule has 120 valence electrons. The van der Waals surface area contributed by atoms with E-state index in [-0.39, 0.29) is 24.7 Å². The minimum atomic E-state index is -0.604. The van der Waals surface area contributed by atoms with E-state index in [1.54, 1.807) is 0 Å². The zero-order chi connectivity index (χ0) is 15.8. The van der Waals surface area contributed by atoms with E-state index < -0.39 is 11.9 Å². The minimum absolute atomic E-state index is 0.0241. The Bertz CT molecular complexity index is 509. The molecule has 1 saturated carbocycles. The Morgan fingerprint density at radius 1 is 1.27 bits per heavy atom. The maximum atomic E-state index is 11.8. The monoisotopic (exact) mass is 308 g/mol. The molecule has 8 nitrogen and oxygen atoms in total. The third kappa shape index (κ3) is 5.27. The molecular weight excluding hydrogens is 288 g/mol. The fourth-order valence-corrected chi connectivity index (χ4v) is 2.28. The number of hydrogen-bond acceptors (Lipinski definition) is 7. The smallest absolute Gasteiger partial charge is 0.334 e. The van der Waals surface area contributed by atoms with E-state index in [2.05, 4.69) is 27.2 Å². The summed E-state index contributed by atoms with van der Waals surface area (Å²) in [5.74, 6) is -0.503. The standard InChI is InChI=1S/C14H20N4O4/c1-10(9-13(19)22-11-5-3-2-4-6-11)14(20)21-8-7-12-15-17-18-16-12/h11H,1-9H2,(H,15,16,17,18). The molecule has 0 unspecified atom stereocenters. The Morgan fingerprint density at radius 3 is 2.73 bits per heavy atom. The summed E-state index contributed by atoms with van der Waals surface area (Å²) in [7, 11) is 0. The highest BCUT2D eigenvalue weighted by Gasteiger charge is 2.20. The first-order chi connectivity index (χ1) is 10.6. The molecule has 2 rings (SSSR count). The van der Waals surface area contributed by atoms with Crippen LogP contribution in [0.1, 0.15) is 44.3 Å². The summed E-state index contributed by atoms with van der Waals surface area (Å²) in [6, 6.07) is 0. The van der Waals surface area contributed by atoms with Crippen molar-refractivity contribution in [2.24, 2.45) is 0 Å². The van der Waals surface area contributed by atoms with Gasteiger partial charge in [-0.05, 0) is 36.1 Å². The van der Waals surface area contributed by atoms with Crippen molar-refractivity contribution in [1.29, 1.82) is 0 Å². The highest BCUT2D eigenvalue weighted by molar-refractivity contribution is 5.93. The van der Waals surface area contributed by atoms with Crippen molar-refractivity contribution in [3.8, 4) is 0 Å². The maximum Gasteiger partial charge on any atom is 0.334 e. The molecule has 1 aliphatic carbocycles. The van der Waals surface area contributed by atoms with Crippen LogP contribution in [0.25, 0.3) is 0 Å². The Kier molecular flexibility index (Phi) is 6.05. The molecule has 1 fully saturated rings. The lowest BCUT2D eigenvalue weighted by atomic mass is 9.98. The van der Waals surface area contributed by atoms with E-state index in [0.29, 0.717) is 12.2 Å². The van der Waals surface area contributed by atoms with Crippen LogP contribution in [-0.4, -0.2) is 45.3 Å². The second kappa shape index (κ2) is 8.26. The first-order valence-corrected chi connectivity index (χ1v) is 7.42. The van der Waals surface area contributed by atoms with Gasteiger partial charge in [-0.25, -0.2) is 9.89 Å². The molecule has 0 saturated heterocycles. The molecule has 0 aliphatic heterocycles. The molecule has 0 radical (unpaired) electrons. The molecule has 8 heteroatoms. The topological polar surface area (TPSA) is 107 Å². The summed E-state index contributed by atoms with van der Waals surface area (Å²) in [5.41, 5.74) is 0.0940. The van der Waals surface area contributed by atoms with Gasteiger partial charge in [0.2, 0.25) is 0 Å². The average molecular weight is 308 g/mol. The van der Waals surface area contributed by atoms with Crippen LogP contribution in [0.2, 0.25) is 0 Å². The zero-order valence-electron chi connectivity index (χ0n) is 12.4. The van der Waals surface area contributed by atoms with Crippen LogP contribution in [0.15, 0.2) is 12.2 Å². The molecule has 22 heavy (non-hydrogen) atoms. The van der Waals surface area contributed by atoms with Crippen LogP contribution in [0.3, 0.4) is 0 Å². The normalized spacial score (nSPS) is 15.3. The van der Waals surface area contributed by atoms with Crippen LogP contribution in [-0.2, 0) is 25.5 Å². The van der Waals surface area contributed by atoms with Gasteiger partial charge in [0, 0.05) is 12.0 Å². The lowest BCUT2D eigenvalue weighted by molar-refractivity contribution is -0.151. The van der Waals surface area contributed by atoms with Gasteiger partial charge in [-0.2, -0.15) is 0 Å². The lowest BCUT2D eigenvalue weighted by Crippen LogP contribution is -2.22. The highest BCUT2D eigenvalue weighted by atomic mass is 16.5. The Balaban J connectivity index is 1.64. The number of nitrogens with zero attached hydrogens (tertiary/aromatic N) is 3. The van der Waals surface area contributed by atoms with E-state index in [0.717, 1.165) is 25.7 Å². The molecule has 0 atom stereocenters. The number of hydrogen-bond donors (Lipinski definition) is 1. The first kappa shape index (κ1) is 16.1. The van der Waals surface area contributed by atoms with Gasteiger partial charge in [0.15, 0.2) is 5.82 Å². The van der Waals surface area contributed by atoms with Gasteiger partial charge in [0.1, 0.15) is 6.10 Å². The van der Waals surface area contributed by atoms with Crippen molar-refractivity contribution in [1.82, 2.24) is 20.6 Å². The molecule has 1 N–H and O–H groups in total. The predicted molar refractivity (Wildman–Crippen MR) is 75.6 cm³/mol. The third-order valence-corrected chi connectivity index (χ3v) is 3.46. The fraction of sp³-hybridized carbons (Fsp3) is 0.643. The SMILES string of the molecule is C=C(CC(=O)OC1CCCCC1)C(=O)OCCc1nnn[nH]1. The number of aromatic nitrogens is 4. The number of aromatic amines is 1. The van der Waals surface area contributed by atoms with Crippen molar-refractivity contribution >= 4 is 11.9 Å². The van der Waals surface area contributed by atoms with Crippen LogP contribution < -0.4 is 0 Å². The summed E-state index contributed by atoms with van der Waals surface area (Å²) in [5, 5.41) is 13.0. The largest absolute Gasteiger partial charge is 0.462 e. The van der Waals surface area contributed by atoms with Gasteiger partial charge in [0.05, 0.1) is 13.0 Å². The van der Waals surface area contributed by atoms with Crippen LogP contribution >= 0.6 is 0 Å². The summed E-state index contributed by atoms with van der Waals surface area (Å²) in [6.07, 6.45) is 5.35. The number of tetrazole rings is 1. The quantitative estimate of drug-likeness (QED) is 0.593. The number of rotatable bonds is 7. The zero-order valence-corrected chi connectivity index (χ0v) is 12.4. The third-order valence-electron chi connectivity index (χ3n) is 3.46. The Morgan fingerprint density at radius 2 is 2.05 bits per heavy atom. The van der Waals surface area contributed by atoms with E-state index in [1.807, 2.05) is 0 Å². The summed E-state index contributed by atoms with van der Waals surface area (Å²) < 4.78 is 10.3. The van der Waals surface area contributed by atoms with Crippen molar-refractivity contribution in [3.05, 3.63) is 18.0 Å². The van der Waals surface area contributed by atoms with E-state index >= 15 is 0 Å². The van der Waals surface area contributed by atoms with Gasteiger partial charge in [-0.15, -0.1) is 5.10 Å². The molecule has 0 spiro atoms. The molecule has 0 aromatic carbocycles. The van der Waals surface area contributed by atoms with E-state index in [4.69, 9.17) is 9.47 Å². The van der Waals surface area contributed by atoms with Crippen molar-refractivity contribution in [2.75, 3.05) is 6.61 Å². The van der Waals surface area contributed by atoms with Gasteiger partial charge in [0.25, 0.3) is 0 Å². The first-order valence-electron chi connectivity index (χ1n) is 7.42. The van der Waals surface area contributed by atoms with Crippen LogP contribution in [0, 0.1) is 0 Å². The van der Waals surface area contributed by atoms with Crippen molar-refractivity contribution in [3.63, 3.8) is 0 Å². The van der Waals surface area contributed by atoms with Crippen LogP contribution in [0.4, 0.5) is 0 Å². The highest BCUT2D eigenvalue weighted by Crippen LogP contribution is 2.21. The molecule has 1 heterocycles. The Hall–Kier alpha value is -2.25. The molecule has 1 aromatic heterocycles. The van der Waals surface area contributed by atoms with Gasteiger partial charge in [-0.1, -0.05) is 13.0 Å². The fourth-order valence-electron chi connectivity index (χ4n) is 2.28. The average Bonchev–Trinajstić information content (AvgIpc) is 3.01. The number of ether oxygens (including phenoxy) is 2. The van der Waals surface area contributed by atoms with Gasteiger partial charge >= 0.3 is 11.9 Å². The van der Waals surface area contributed by atoms with Gasteiger partial charge in [-0.3, -0.25) is 4.79 Å². The lowest BCUT2D eigenvalue weighted by Gasteiger charge is -2.21. The second-order valence-corrected chi connectivity index (χ2v) is 5.26. The van der Waals surface area contributed by atoms with Crippen LogP contribution in [0.5, 0.6) is 0 Å². The predicted octanol–water partition coefficient (Wildman–Crippen LogP) is 1.11. The number of H-pyrrole nitrogens is 1. The summed E-state index contributed by atoms with van der Waals surface area (Å²) in [6.45, 7) is 3.70. The molecule has 1 aliphatic rings. The molecule has 0 amide bonds. The van der Waals surface area contributed by atoms with Gasteiger partial charge < -0.3 is 9.47 Å². The number of carbonyl (C=O) groups is 2. The maximum absolute atomic E-state index is 11.8. The number of nitrogens with one attached hydrogen (secondary N) is 1. The summed E-state index contributed by atoms with van der Waals surface area (Å²) >= 11 is 0. The summed E-state index contributed by atoms with van der Waals surface area (Å²) in [4.78, 5) is 23.5. The second-order valence-electron chi connectivity index (χ2n) is 5.26. The number of carbonyl (C=O) groups excluding carboxylic acids is 2. The number of esters is 2. The minimum Gasteiger partial charge on any atom is -0.462 e. The molecule has 1 aromatic rings.